The van der Waals surface area contributed by atoms with Gasteiger partial charge in [0.1, 0.15) is 0 Å². The van der Waals surface area contributed by atoms with Gasteiger partial charge in [0.15, 0.2) is 0 Å². The van der Waals surface area contributed by atoms with Crippen LogP contribution in [0.15, 0.2) is 297 Å². The Morgan fingerprint density at radius 3 is 1.23 bits per heavy atom. The average Bonchev–Trinajstić information content (AvgIpc) is 3.63. The first kappa shape index (κ1) is 50.9. The van der Waals surface area contributed by atoms with E-state index < -0.39 is 0 Å². The summed E-state index contributed by atoms with van der Waals surface area (Å²) in [4.78, 5) is 43.4. The normalized spacial score (nSPS) is 11.2. The Hall–Kier alpha value is -11.3. The molecule has 0 aliphatic heterocycles. The minimum atomic E-state index is -0.307. The molecule has 0 bridgehead atoms. The second-order valence-electron chi connectivity index (χ2n) is 20.9. The fourth-order valence-corrected chi connectivity index (χ4v) is 11.2. The van der Waals surface area contributed by atoms with Gasteiger partial charge in [0.25, 0.3) is 5.91 Å². The van der Waals surface area contributed by atoms with E-state index in [1.807, 2.05) is 146 Å². The maximum atomic E-state index is 16.5. The van der Waals surface area contributed by atoms with Gasteiger partial charge < -0.3 is 0 Å². The van der Waals surface area contributed by atoms with E-state index in [2.05, 4.69) is 153 Å². The van der Waals surface area contributed by atoms with E-state index in [0.29, 0.717) is 22.6 Å². The lowest BCUT2D eigenvalue weighted by Crippen LogP contribution is -2.28. The lowest BCUT2D eigenvalue weighted by Gasteiger charge is -2.24. The van der Waals surface area contributed by atoms with Crippen molar-refractivity contribution in [2.45, 2.75) is 6.92 Å². The molecule has 10 aromatic carbocycles. The highest BCUT2D eigenvalue weighted by atomic mass is 16.2. The number of fused-ring (bicyclic) bond motifs is 2. The van der Waals surface area contributed by atoms with Crippen molar-refractivity contribution in [1.29, 1.82) is 0 Å². The third-order valence-corrected chi connectivity index (χ3v) is 15.5. The molecule has 0 fully saturated rings. The van der Waals surface area contributed by atoms with Crippen LogP contribution in [0.2, 0.25) is 0 Å². The van der Waals surface area contributed by atoms with Crippen molar-refractivity contribution >= 4 is 39.3 Å². The van der Waals surface area contributed by atoms with Crippen molar-refractivity contribution < 1.29 is 4.79 Å². The number of nitrogens with zero attached hydrogens (tertiary/aromatic N) is 6. The zero-order valence-corrected chi connectivity index (χ0v) is 45.9. The van der Waals surface area contributed by atoms with Crippen LogP contribution in [0.4, 0.5) is 11.6 Å². The van der Waals surface area contributed by atoms with Crippen LogP contribution < -0.4 is 4.90 Å². The van der Waals surface area contributed by atoms with E-state index in [-0.39, 0.29) is 11.9 Å². The third kappa shape index (κ3) is 10.2. The molecule has 1 amide bonds. The topological polar surface area (TPSA) is 84.8 Å². The Balaban J connectivity index is 0.938. The number of para-hydroxylation sites is 2. The summed E-state index contributed by atoms with van der Waals surface area (Å²) in [7, 11) is 0. The number of hydrogen-bond donors (Lipinski definition) is 0. The fraction of sp³-hybridized carbons (Fsp3) is 0.0130. The van der Waals surface area contributed by atoms with Crippen molar-refractivity contribution in [3.8, 4) is 101 Å². The van der Waals surface area contributed by atoms with Crippen LogP contribution in [0.25, 0.3) is 123 Å². The molecule has 84 heavy (non-hydrogen) atoms. The van der Waals surface area contributed by atoms with Gasteiger partial charge in [-0.3, -0.25) is 9.78 Å². The van der Waals surface area contributed by atoms with Gasteiger partial charge >= 0.3 is 0 Å². The molecule has 0 spiro atoms. The first-order valence-corrected chi connectivity index (χ1v) is 28.1. The van der Waals surface area contributed by atoms with Gasteiger partial charge in [0.2, 0.25) is 5.95 Å². The Kier molecular flexibility index (Phi) is 13.5. The second-order valence-corrected chi connectivity index (χ2v) is 20.9. The molecule has 0 saturated heterocycles. The van der Waals surface area contributed by atoms with Gasteiger partial charge in [0, 0.05) is 50.4 Å². The number of anilines is 2. The van der Waals surface area contributed by atoms with Crippen molar-refractivity contribution in [2.75, 3.05) is 4.90 Å². The monoisotopic (exact) mass is 1080 g/mol. The summed E-state index contributed by atoms with van der Waals surface area (Å²) >= 11 is 0. The zero-order valence-electron chi connectivity index (χ0n) is 45.9. The van der Waals surface area contributed by atoms with E-state index in [1.165, 1.54) is 0 Å². The fourth-order valence-electron chi connectivity index (χ4n) is 11.2. The van der Waals surface area contributed by atoms with Crippen LogP contribution in [0.5, 0.6) is 0 Å². The van der Waals surface area contributed by atoms with Crippen LogP contribution >= 0.6 is 0 Å². The summed E-state index contributed by atoms with van der Waals surface area (Å²) < 4.78 is 0. The predicted molar refractivity (Wildman–Crippen MR) is 343 cm³/mol. The van der Waals surface area contributed by atoms with Crippen LogP contribution in [0.3, 0.4) is 0 Å². The quantitative estimate of drug-likeness (QED) is 0.121. The van der Waals surface area contributed by atoms with Gasteiger partial charge in [0.05, 0.1) is 45.2 Å². The standard InChI is InChI=1S/C77H52N6O/c1-51-17-16-46-78-75(51)60-38-42-64(43-39-60)83(77-81-73(54-18-4-2-5-19-54)50-74(82-77)55-20-6-3-7-21-55)76(84)63-48-61(67-26-12-10-24-65(67)52-30-34-58(35-31-52)71-44-40-56-22-8-14-28-69(56)79-71)47-62(49-63)68-27-13-11-25-66(68)53-32-36-59(37-33-53)72-45-41-57-23-9-15-29-70(57)80-72/h2-50H,1H3. The SMILES string of the molecule is Cc1cccnc1-c1ccc(N(C(=O)c2cc(-c3ccccc3-c3ccc(-c4ccc5ccccc5n4)cc3)cc(-c3ccccc3-c3ccc(-c4ccc5ccccc5n4)cc3)c2)c2nc(-c3ccccc3)cc(-c3ccccc3)n2)cc1. The van der Waals surface area contributed by atoms with Gasteiger partial charge in [-0.25, -0.2) is 24.8 Å². The number of aryl methyl sites for hydroxylation is 1. The summed E-state index contributed by atoms with van der Waals surface area (Å²) in [5.41, 5.74) is 20.5. The minimum Gasteiger partial charge on any atom is -0.268 e. The molecule has 4 heterocycles. The van der Waals surface area contributed by atoms with Crippen molar-refractivity contribution in [3.63, 3.8) is 0 Å². The molecule has 7 heteroatoms. The molecular formula is C77H52N6O. The maximum Gasteiger partial charge on any atom is 0.265 e. The van der Waals surface area contributed by atoms with Gasteiger partial charge in [-0.1, -0.05) is 224 Å². The first-order valence-electron chi connectivity index (χ1n) is 28.1. The van der Waals surface area contributed by atoms with Crippen LogP contribution in [-0.4, -0.2) is 30.8 Å². The Morgan fingerprint density at radius 1 is 0.321 bits per heavy atom. The van der Waals surface area contributed by atoms with Crippen molar-refractivity contribution in [2.24, 2.45) is 0 Å². The second kappa shape index (κ2) is 22.3. The Morgan fingerprint density at radius 2 is 0.738 bits per heavy atom. The lowest BCUT2D eigenvalue weighted by atomic mass is 9.88. The highest BCUT2D eigenvalue weighted by molar-refractivity contribution is 6.12. The third-order valence-electron chi connectivity index (χ3n) is 15.5. The first-order chi connectivity index (χ1) is 41.4. The number of amides is 1. The van der Waals surface area contributed by atoms with Gasteiger partial charge in [-0.2, -0.15) is 0 Å². The molecule has 0 saturated carbocycles. The number of carbonyl (C=O) groups excluding carboxylic acids is 1. The molecule has 14 rings (SSSR count). The van der Waals surface area contributed by atoms with Crippen LogP contribution in [0, 0.1) is 6.92 Å². The van der Waals surface area contributed by atoms with Crippen molar-refractivity contribution in [1.82, 2.24) is 24.9 Å². The molecule has 14 aromatic rings. The van der Waals surface area contributed by atoms with Gasteiger partial charge in [-0.15, -0.1) is 0 Å². The molecule has 0 aliphatic carbocycles. The van der Waals surface area contributed by atoms with Crippen LogP contribution in [-0.2, 0) is 0 Å². The summed E-state index contributed by atoms with van der Waals surface area (Å²) in [6.07, 6.45) is 1.80. The predicted octanol–water partition coefficient (Wildman–Crippen LogP) is 19.3. The van der Waals surface area contributed by atoms with E-state index in [4.69, 9.17) is 24.9 Å². The number of aromatic nitrogens is 5. The van der Waals surface area contributed by atoms with Crippen molar-refractivity contribution in [3.05, 3.63) is 309 Å². The number of hydrogen-bond acceptors (Lipinski definition) is 6. The van der Waals surface area contributed by atoms with E-state index in [1.54, 1.807) is 11.1 Å². The highest BCUT2D eigenvalue weighted by Crippen LogP contribution is 2.41. The molecule has 0 atom stereocenters. The Labute approximate surface area is 487 Å². The summed E-state index contributed by atoms with van der Waals surface area (Å²) in [5, 5.41) is 2.20. The Bertz CT molecular complexity index is 4500. The molecule has 396 valence electrons. The highest BCUT2D eigenvalue weighted by Gasteiger charge is 2.27. The molecule has 7 nitrogen and oxygen atoms in total. The smallest absolute Gasteiger partial charge is 0.265 e. The van der Waals surface area contributed by atoms with Crippen LogP contribution in [0.1, 0.15) is 15.9 Å². The van der Waals surface area contributed by atoms with E-state index in [9.17, 15) is 0 Å². The molecule has 4 aromatic heterocycles. The zero-order chi connectivity index (χ0) is 56.3. The van der Waals surface area contributed by atoms with E-state index in [0.717, 1.165) is 117 Å². The summed E-state index contributed by atoms with van der Waals surface area (Å²) in [5.74, 6) is -0.0739. The largest absolute Gasteiger partial charge is 0.268 e. The number of benzene rings is 10. The molecule has 0 aliphatic rings. The van der Waals surface area contributed by atoms with E-state index >= 15 is 4.79 Å². The molecule has 0 unspecified atom stereocenters. The van der Waals surface area contributed by atoms with Gasteiger partial charge in [-0.05, 0) is 124 Å². The average molecular weight is 1080 g/mol. The lowest BCUT2D eigenvalue weighted by molar-refractivity contribution is 0.0998. The number of pyridine rings is 3. The number of carbonyl (C=O) groups is 1. The molecular weight excluding hydrogens is 1020 g/mol. The number of rotatable bonds is 12. The summed E-state index contributed by atoms with van der Waals surface area (Å²) in [6, 6.07) is 99.1. The molecule has 0 N–H and O–H groups in total. The summed E-state index contributed by atoms with van der Waals surface area (Å²) in [6.45, 7) is 2.05. The maximum absolute atomic E-state index is 16.5. The molecule has 0 radical (unpaired) electrons. The minimum absolute atomic E-state index is 0.233.